The number of hydrogen-bond acceptors (Lipinski definition) is 3. The van der Waals surface area contributed by atoms with Gasteiger partial charge in [-0.15, -0.1) is 0 Å². The number of carbonyl (C=O) groups excluding carboxylic acids is 2. The van der Waals surface area contributed by atoms with Crippen molar-refractivity contribution in [1.82, 2.24) is 10.2 Å². The number of rotatable bonds is 3. The molecule has 0 aromatic carbocycles. The number of hydrogen-bond donors (Lipinski definition) is 2. The maximum Gasteiger partial charge on any atom is 0.308 e. The van der Waals surface area contributed by atoms with E-state index in [0.717, 1.165) is 12.8 Å². The van der Waals surface area contributed by atoms with Crippen molar-refractivity contribution in [3.05, 3.63) is 0 Å². The fourth-order valence-electron chi connectivity index (χ4n) is 2.93. The lowest BCUT2D eigenvalue weighted by Crippen LogP contribution is -2.43. The number of carboxylic acids is 1. The molecule has 2 bridgehead atoms. The molecule has 2 fully saturated rings. The highest BCUT2D eigenvalue weighted by molar-refractivity contribution is 5.85. The smallest absolute Gasteiger partial charge is 0.308 e. The highest BCUT2D eigenvalue weighted by Gasteiger charge is 2.50. The molecule has 6 nitrogen and oxygen atoms in total. The maximum atomic E-state index is 11.9. The molecular weight excluding hydrogens is 224 g/mol. The Hall–Kier alpha value is -1.59. The lowest BCUT2D eigenvalue weighted by molar-refractivity contribution is -0.143. The fraction of sp³-hybridized carbons (Fsp3) is 0.727. The third-order valence-electron chi connectivity index (χ3n) is 3.63. The molecule has 2 aliphatic heterocycles. The molecule has 0 radical (unpaired) electrons. The maximum absolute atomic E-state index is 11.9. The van der Waals surface area contributed by atoms with Gasteiger partial charge in [-0.3, -0.25) is 14.4 Å². The average molecular weight is 240 g/mol. The van der Waals surface area contributed by atoms with E-state index in [2.05, 4.69) is 5.32 Å². The summed E-state index contributed by atoms with van der Waals surface area (Å²) < 4.78 is 0. The summed E-state index contributed by atoms with van der Waals surface area (Å²) in [6, 6.07) is -0.138. The second-order valence-corrected chi connectivity index (χ2v) is 4.69. The van der Waals surface area contributed by atoms with Crippen LogP contribution in [0.2, 0.25) is 0 Å². The highest BCUT2D eigenvalue weighted by atomic mass is 16.4. The largest absolute Gasteiger partial charge is 0.481 e. The van der Waals surface area contributed by atoms with Gasteiger partial charge in [-0.05, 0) is 19.3 Å². The lowest BCUT2D eigenvalue weighted by Gasteiger charge is -2.23. The zero-order chi connectivity index (χ0) is 12.6. The lowest BCUT2D eigenvalue weighted by atomic mass is 9.89. The van der Waals surface area contributed by atoms with Gasteiger partial charge in [0.25, 0.3) is 0 Å². The van der Waals surface area contributed by atoms with E-state index in [4.69, 9.17) is 5.11 Å². The first-order valence-corrected chi connectivity index (χ1v) is 5.79. The number of amides is 2. The number of nitrogens with one attached hydrogen (secondary N) is 1. The van der Waals surface area contributed by atoms with Gasteiger partial charge in [-0.25, -0.2) is 0 Å². The first kappa shape index (κ1) is 11.9. The molecule has 17 heavy (non-hydrogen) atoms. The molecule has 0 aromatic rings. The van der Waals surface area contributed by atoms with Crippen molar-refractivity contribution in [2.24, 2.45) is 5.92 Å². The van der Waals surface area contributed by atoms with Crippen LogP contribution in [-0.2, 0) is 14.4 Å². The Balaban J connectivity index is 2.00. The number of carbonyl (C=O) groups is 3. The van der Waals surface area contributed by atoms with Gasteiger partial charge >= 0.3 is 5.97 Å². The molecule has 3 atom stereocenters. The summed E-state index contributed by atoms with van der Waals surface area (Å²) in [4.78, 5) is 35.3. The van der Waals surface area contributed by atoms with E-state index in [1.807, 2.05) is 0 Å². The predicted octanol–water partition coefficient (Wildman–Crippen LogP) is -0.413. The summed E-state index contributed by atoms with van der Waals surface area (Å²) >= 11 is 0. The summed E-state index contributed by atoms with van der Waals surface area (Å²) in [5, 5.41) is 11.5. The summed E-state index contributed by atoms with van der Waals surface area (Å²) in [5.41, 5.74) is 0. The number of fused-ring (bicyclic) bond motifs is 2. The summed E-state index contributed by atoms with van der Waals surface area (Å²) in [5.74, 6) is -1.68. The first-order chi connectivity index (χ1) is 8.00. The van der Waals surface area contributed by atoms with Crippen molar-refractivity contribution in [2.45, 2.75) is 38.3 Å². The standard InChI is InChI=1S/C11H16N2O4/c1-6(14)12-5-10(15)13-7-2-3-9(13)8(4-7)11(16)17/h7-9H,2-5H2,1H3,(H,12,14)(H,16,17). The minimum absolute atomic E-state index is 0.0331. The molecule has 0 aliphatic carbocycles. The molecule has 0 aromatic heterocycles. The second kappa shape index (κ2) is 4.35. The summed E-state index contributed by atoms with van der Waals surface area (Å²) in [7, 11) is 0. The normalized spacial score (nSPS) is 30.4. The number of nitrogens with zero attached hydrogens (tertiary/aromatic N) is 1. The van der Waals surface area contributed by atoms with Gasteiger partial charge in [0.05, 0.1) is 12.5 Å². The Kier molecular flexibility index (Phi) is 3.04. The predicted molar refractivity (Wildman–Crippen MR) is 58.1 cm³/mol. The molecular formula is C11H16N2O4. The highest BCUT2D eigenvalue weighted by Crippen LogP contribution is 2.41. The van der Waals surface area contributed by atoms with Crippen LogP contribution in [-0.4, -0.2) is 46.4 Å². The Morgan fingerprint density at radius 3 is 2.59 bits per heavy atom. The average Bonchev–Trinajstić information content (AvgIpc) is 2.82. The monoisotopic (exact) mass is 240 g/mol. The first-order valence-electron chi connectivity index (χ1n) is 5.79. The Morgan fingerprint density at radius 2 is 2.06 bits per heavy atom. The van der Waals surface area contributed by atoms with Gasteiger partial charge in [0.15, 0.2) is 0 Å². The summed E-state index contributed by atoms with van der Waals surface area (Å²) in [6.45, 7) is 1.32. The van der Waals surface area contributed by atoms with Crippen molar-refractivity contribution in [2.75, 3.05) is 6.54 Å². The van der Waals surface area contributed by atoms with Crippen molar-refractivity contribution in [3.8, 4) is 0 Å². The second-order valence-electron chi connectivity index (χ2n) is 4.69. The molecule has 2 rings (SSSR count). The van der Waals surface area contributed by atoms with Crippen molar-refractivity contribution in [3.63, 3.8) is 0 Å². The molecule has 2 amide bonds. The van der Waals surface area contributed by atoms with E-state index < -0.39 is 11.9 Å². The molecule has 2 saturated heterocycles. The Morgan fingerprint density at radius 1 is 1.35 bits per heavy atom. The molecule has 2 N–H and O–H groups in total. The van der Waals surface area contributed by atoms with Gasteiger partial charge in [-0.1, -0.05) is 0 Å². The van der Waals surface area contributed by atoms with E-state index in [9.17, 15) is 14.4 Å². The van der Waals surface area contributed by atoms with Gasteiger partial charge in [0, 0.05) is 19.0 Å². The molecule has 0 saturated carbocycles. The van der Waals surface area contributed by atoms with E-state index in [-0.39, 0.29) is 30.4 Å². The van der Waals surface area contributed by atoms with Crippen LogP contribution in [0.4, 0.5) is 0 Å². The fourth-order valence-corrected chi connectivity index (χ4v) is 2.93. The molecule has 2 aliphatic rings. The van der Waals surface area contributed by atoms with Crippen LogP contribution < -0.4 is 5.32 Å². The minimum Gasteiger partial charge on any atom is -0.481 e. The number of aliphatic carboxylic acids is 1. The van der Waals surface area contributed by atoms with Crippen LogP contribution >= 0.6 is 0 Å². The van der Waals surface area contributed by atoms with Crippen molar-refractivity contribution in [1.29, 1.82) is 0 Å². The summed E-state index contributed by atoms with van der Waals surface area (Å²) in [6.07, 6.45) is 2.18. The quantitative estimate of drug-likeness (QED) is 0.702. The Labute approximate surface area is 99.0 Å². The van der Waals surface area contributed by atoms with Gasteiger partial charge < -0.3 is 15.3 Å². The zero-order valence-electron chi connectivity index (χ0n) is 9.68. The number of carboxylic acid groups (broad SMARTS) is 1. The van der Waals surface area contributed by atoms with Crippen molar-refractivity contribution < 1.29 is 19.5 Å². The van der Waals surface area contributed by atoms with Crippen LogP contribution in [0.3, 0.4) is 0 Å². The van der Waals surface area contributed by atoms with Crippen LogP contribution in [0, 0.1) is 5.92 Å². The minimum atomic E-state index is -0.825. The zero-order valence-corrected chi connectivity index (χ0v) is 9.68. The van der Waals surface area contributed by atoms with E-state index in [1.165, 1.54) is 6.92 Å². The molecule has 0 spiro atoms. The van der Waals surface area contributed by atoms with Crippen LogP contribution in [0.1, 0.15) is 26.2 Å². The van der Waals surface area contributed by atoms with Gasteiger partial charge in [0.2, 0.25) is 11.8 Å². The van der Waals surface area contributed by atoms with Crippen LogP contribution in [0.15, 0.2) is 0 Å². The van der Waals surface area contributed by atoms with Crippen molar-refractivity contribution >= 4 is 17.8 Å². The van der Waals surface area contributed by atoms with E-state index in [0.29, 0.717) is 6.42 Å². The molecule has 2 heterocycles. The van der Waals surface area contributed by atoms with E-state index in [1.54, 1.807) is 4.90 Å². The third-order valence-corrected chi connectivity index (χ3v) is 3.63. The molecule has 3 unspecified atom stereocenters. The molecule has 94 valence electrons. The van der Waals surface area contributed by atoms with E-state index >= 15 is 0 Å². The third kappa shape index (κ3) is 2.11. The van der Waals surface area contributed by atoms with Gasteiger partial charge in [-0.2, -0.15) is 0 Å². The van der Waals surface area contributed by atoms with Crippen LogP contribution in [0.25, 0.3) is 0 Å². The van der Waals surface area contributed by atoms with Crippen LogP contribution in [0.5, 0.6) is 0 Å². The SMILES string of the molecule is CC(=O)NCC(=O)N1C2CCC1C(C(=O)O)C2. The topological polar surface area (TPSA) is 86.7 Å². The Bertz CT molecular complexity index is 368. The van der Waals surface area contributed by atoms with Gasteiger partial charge in [0.1, 0.15) is 0 Å². The molecule has 6 heteroatoms.